The van der Waals surface area contributed by atoms with Crippen molar-refractivity contribution in [3.8, 4) is 0 Å². The second kappa shape index (κ2) is 3.57. The Bertz CT molecular complexity index is 259. The predicted molar refractivity (Wildman–Crippen MR) is 47.7 cm³/mol. The molecule has 0 aromatic carbocycles. The van der Waals surface area contributed by atoms with Crippen molar-refractivity contribution in [1.82, 2.24) is 0 Å². The second-order valence-electron chi connectivity index (χ2n) is 3.04. The van der Waals surface area contributed by atoms with E-state index in [9.17, 15) is 4.79 Å². The third-order valence-corrected chi connectivity index (χ3v) is 1.98. The van der Waals surface area contributed by atoms with E-state index in [2.05, 4.69) is 0 Å². The van der Waals surface area contributed by atoms with Crippen LogP contribution in [0.4, 0.5) is 0 Å². The van der Waals surface area contributed by atoms with Gasteiger partial charge in [-0.2, -0.15) is 0 Å². The van der Waals surface area contributed by atoms with Gasteiger partial charge in [0.1, 0.15) is 6.61 Å². The topological polar surface area (TPSA) is 26.3 Å². The summed E-state index contributed by atoms with van der Waals surface area (Å²) in [6.07, 6.45) is 2.23. The Labute approximate surface area is 72.9 Å². The summed E-state index contributed by atoms with van der Waals surface area (Å²) in [7, 11) is 0. The number of ether oxygens (including phenoxy) is 1. The second-order valence-corrected chi connectivity index (χ2v) is 3.04. The highest BCUT2D eigenvalue weighted by atomic mass is 16.5. The van der Waals surface area contributed by atoms with Crippen molar-refractivity contribution < 1.29 is 9.53 Å². The SMILES string of the molecule is CCC(=O)C1=C(C)COC=C1C. The van der Waals surface area contributed by atoms with Crippen LogP contribution in [0.2, 0.25) is 0 Å². The predicted octanol–water partition coefficient (Wildman–Crippen LogP) is 2.22. The first kappa shape index (κ1) is 9.04. The van der Waals surface area contributed by atoms with Crippen LogP contribution in [0.15, 0.2) is 23.0 Å². The molecule has 0 amide bonds. The van der Waals surface area contributed by atoms with Gasteiger partial charge in [0.2, 0.25) is 0 Å². The quantitative estimate of drug-likeness (QED) is 0.628. The number of Topliss-reactive ketones (excluding diaryl/α,β-unsaturated/α-hetero) is 1. The van der Waals surface area contributed by atoms with E-state index < -0.39 is 0 Å². The third-order valence-electron chi connectivity index (χ3n) is 1.98. The molecule has 0 N–H and O–H groups in total. The van der Waals surface area contributed by atoms with Gasteiger partial charge in [-0.25, -0.2) is 0 Å². The number of hydrogen-bond acceptors (Lipinski definition) is 2. The minimum Gasteiger partial charge on any atom is -0.497 e. The molecule has 0 bridgehead atoms. The first-order chi connectivity index (χ1) is 5.66. The van der Waals surface area contributed by atoms with Crippen LogP contribution < -0.4 is 0 Å². The zero-order chi connectivity index (χ0) is 9.14. The molecule has 0 fully saturated rings. The Morgan fingerprint density at radius 1 is 1.58 bits per heavy atom. The van der Waals surface area contributed by atoms with Crippen molar-refractivity contribution >= 4 is 5.78 Å². The number of rotatable bonds is 2. The minimum absolute atomic E-state index is 0.213. The zero-order valence-corrected chi connectivity index (χ0v) is 7.81. The average Bonchev–Trinajstić information content (AvgIpc) is 2.03. The van der Waals surface area contributed by atoms with Crippen LogP contribution >= 0.6 is 0 Å². The van der Waals surface area contributed by atoms with Crippen molar-refractivity contribution in [2.75, 3.05) is 6.61 Å². The molecule has 1 aliphatic heterocycles. The van der Waals surface area contributed by atoms with E-state index in [-0.39, 0.29) is 5.78 Å². The van der Waals surface area contributed by atoms with Crippen molar-refractivity contribution in [1.29, 1.82) is 0 Å². The minimum atomic E-state index is 0.213. The highest BCUT2D eigenvalue weighted by Crippen LogP contribution is 2.21. The van der Waals surface area contributed by atoms with Gasteiger partial charge >= 0.3 is 0 Å². The summed E-state index contributed by atoms with van der Waals surface area (Å²) >= 11 is 0. The smallest absolute Gasteiger partial charge is 0.163 e. The van der Waals surface area contributed by atoms with E-state index in [1.165, 1.54) is 0 Å². The lowest BCUT2D eigenvalue weighted by Gasteiger charge is -2.16. The molecule has 1 rings (SSSR count). The molecule has 0 aromatic heterocycles. The number of allylic oxidation sites excluding steroid dienone is 2. The summed E-state index contributed by atoms with van der Waals surface area (Å²) in [4.78, 5) is 11.4. The van der Waals surface area contributed by atoms with E-state index in [1.807, 2.05) is 20.8 Å². The lowest BCUT2D eigenvalue weighted by atomic mass is 9.96. The fourth-order valence-electron chi connectivity index (χ4n) is 1.39. The Morgan fingerprint density at radius 3 is 2.75 bits per heavy atom. The van der Waals surface area contributed by atoms with Gasteiger partial charge in [-0.1, -0.05) is 6.92 Å². The van der Waals surface area contributed by atoms with Gasteiger partial charge in [0.25, 0.3) is 0 Å². The zero-order valence-electron chi connectivity index (χ0n) is 7.81. The normalized spacial score (nSPS) is 17.1. The van der Waals surface area contributed by atoms with E-state index in [0.29, 0.717) is 13.0 Å². The van der Waals surface area contributed by atoms with Crippen LogP contribution in [0.3, 0.4) is 0 Å². The molecule has 1 aliphatic rings. The van der Waals surface area contributed by atoms with Gasteiger partial charge in [0, 0.05) is 12.0 Å². The first-order valence-electron chi connectivity index (χ1n) is 4.18. The van der Waals surface area contributed by atoms with Crippen molar-refractivity contribution in [3.05, 3.63) is 23.0 Å². The highest BCUT2D eigenvalue weighted by molar-refractivity contribution is 6.00. The number of carbonyl (C=O) groups excluding carboxylic acids is 1. The van der Waals surface area contributed by atoms with Gasteiger partial charge in [-0.3, -0.25) is 4.79 Å². The lowest BCUT2D eigenvalue weighted by Crippen LogP contribution is -2.11. The molecule has 0 unspecified atom stereocenters. The highest BCUT2D eigenvalue weighted by Gasteiger charge is 2.16. The molecule has 0 aliphatic carbocycles. The molecular formula is C10H14O2. The maximum absolute atomic E-state index is 11.4. The van der Waals surface area contributed by atoms with E-state index in [1.54, 1.807) is 6.26 Å². The molecule has 1 heterocycles. The molecule has 0 saturated heterocycles. The van der Waals surface area contributed by atoms with Gasteiger partial charge in [-0.05, 0) is 25.0 Å². The molecular weight excluding hydrogens is 152 g/mol. The van der Waals surface area contributed by atoms with Gasteiger partial charge in [0.15, 0.2) is 5.78 Å². The standard InChI is InChI=1S/C10H14O2/c1-4-9(11)10-7(2)5-12-6-8(10)3/h5H,4,6H2,1-3H3. The summed E-state index contributed by atoms with van der Waals surface area (Å²) in [5, 5.41) is 0. The summed E-state index contributed by atoms with van der Waals surface area (Å²) in [5.74, 6) is 0.213. The maximum atomic E-state index is 11.4. The third kappa shape index (κ3) is 1.58. The molecule has 66 valence electrons. The molecule has 0 aromatic rings. The fraction of sp³-hybridized carbons (Fsp3) is 0.500. The van der Waals surface area contributed by atoms with E-state index >= 15 is 0 Å². The maximum Gasteiger partial charge on any atom is 0.163 e. The van der Waals surface area contributed by atoms with Crippen LogP contribution in [0.1, 0.15) is 27.2 Å². The van der Waals surface area contributed by atoms with Crippen LogP contribution in [-0.2, 0) is 9.53 Å². The largest absolute Gasteiger partial charge is 0.497 e. The Morgan fingerprint density at radius 2 is 2.25 bits per heavy atom. The number of carbonyl (C=O) groups is 1. The molecule has 2 heteroatoms. The molecule has 2 nitrogen and oxygen atoms in total. The lowest BCUT2D eigenvalue weighted by molar-refractivity contribution is -0.115. The van der Waals surface area contributed by atoms with Crippen LogP contribution in [0, 0.1) is 0 Å². The van der Waals surface area contributed by atoms with E-state index in [0.717, 1.165) is 16.7 Å². The summed E-state index contributed by atoms with van der Waals surface area (Å²) < 4.78 is 5.15. The van der Waals surface area contributed by atoms with Gasteiger partial charge in [-0.15, -0.1) is 0 Å². The van der Waals surface area contributed by atoms with Crippen LogP contribution in [0.5, 0.6) is 0 Å². The molecule has 0 radical (unpaired) electrons. The van der Waals surface area contributed by atoms with Crippen LogP contribution in [0.25, 0.3) is 0 Å². The molecule has 0 saturated carbocycles. The van der Waals surface area contributed by atoms with Crippen LogP contribution in [-0.4, -0.2) is 12.4 Å². The first-order valence-corrected chi connectivity index (χ1v) is 4.18. The number of hydrogen-bond donors (Lipinski definition) is 0. The molecule has 12 heavy (non-hydrogen) atoms. The monoisotopic (exact) mass is 166 g/mol. The van der Waals surface area contributed by atoms with Crippen molar-refractivity contribution in [2.45, 2.75) is 27.2 Å². The molecule has 0 atom stereocenters. The summed E-state index contributed by atoms with van der Waals surface area (Å²) in [5.41, 5.74) is 2.86. The van der Waals surface area contributed by atoms with E-state index in [4.69, 9.17) is 4.74 Å². The summed E-state index contributed by atoms with van der Waals surface area (Å²) in [6.45, 7) is 6.29. The van der Waals surface area contributed by atoms with Gasteiger partial charge < -0.3 is 4.74 Å². The molecule has 0 spiro atoms. The fourth-order valence-corrected chi connectivity index (χ4v) is 1.39. The van der Waals surface area contributed by atoms with Crippen molar-refractivity contribution in [2.24, 2.45) is 0 Å². The Hall–Kier alpha value is -1.05. The Balaban J connectivity index is 2.98. The average molecular weight is 166 g/mol. The van der Waals surface area contributed by atoms with Crippen molar-refractivity contribution in [3.63, 3.8) is 0 Å². The Kier molecular flexibility index (Phi) is 2.69. The summed E-state index contributed by atoms with van der Waals surface area (Å²) in [6, 6.07) is 0. The van der Waals surface area contributed by atoms with Gasteiger partial charge in [0.05, 0.1) is 6.26 Å². The number of ketones is 1.